The first-order valence-electron chi connectivity index (χ1n) is 11.7. The van der Waals surface area contributed by atoms with Crippen LogP contribution < -0.4 is 27.8 Å². The van der Waals surface area contributed by atoms with Gasteiger partial charge in [-0.25, -0.2) is 9.59 Å². The van der Waals surface area contributed by atoms with Gasteiger partial charge in [0.05, 0.1) is 11.7 Å². The van der Waals surface area contributed by atoms with Crippen LogP contribution >= 0.6 is 0 Å². The lowest BCUT2D eigenvalue weighted by atomic mass is 10.0. The number of piperazine rings is 1. The van der Waals surface area contributed by atoms with Crippen LogP contribution in [-0.4, -0.2) is 82.6 Å². The second-order valence-electron chi connectivity index (χ2n) is 9.26. The van der Waals surface area contributed by atoms with Gasteiger partial charge < -0.3 is 26.6 Å². The summed E-state index contributed by atoms with van der Waals surface area (Å²) >= 11 is 0. The highest BCUT2D eigenvalue weighted by Gasteiger charge is 2.54. The lowest BCUT2D eigenvalue weighted by molar-refractivity contribution is -0.132. The van der Waals surface area contributed by atoms with Gasteiger partial charge in [0.15, 0.2) is 0 Å². The number of piperidine rings is 1. The second-order valence-corrected chi connectivity index (χ2v) is 9.26. The van der Waals surface area contributed by atoms with E-state index in [4.69, 9.17) is 11.5 Å². The first-order valence-corrected chi connectivity index (χ1v) is 11.7. The molecule has 0 bridgehead atoms. The Hall–Kier alpha value is -3.28. The first kappa shape index (κ1) is 22.5. The van der Waals surface area contributed by atoms with E-state index in [9.17, 15) is 14.4 Å². The summed E-state index contributed by atoms with van der Waals surface area (Å²) < 4.78 is 1.40. The van der Waals surface area contributed by atoms with Gasteiger partial charge in [-0.1, -0.05) is 12.1 Å². The summed E-state index contributed by atoms with van der Waals surface area (Å²) in [6.07, 6.45) is 2.00. The predicted octanol–water partition coefficient (Wildman–Crippen LogP) is -1.05. The van der Waals surface area contributed by atoms with Gasteiger partial charge in [-0.3, -0.25) is 14.7 Å². The monoisotopic (exact) mass is 466 g/mol. The largest absolute Gasteiger partial charge is 0.354 e. The Balaban J connectivity index is 1.19. The smallest absolute Gasteiger partial charge is 0.341 e. The average Bonchev–Trinajstić information content (AvgIpc) is 3.23. The summed E-state index contributed by atoms with van der Waals surface area (Å²) in [6.45, 7) is 4.12. The zero-order chi connectivity index (χ0) is 23.8. The number of amides is 3. The van der Waals surface area contributed by atoms with E-state index in [1.165, 1.54) is 4.57 Å². The quantitative estimate of drug-likeness (QED) is 0.439. The van der Waals surface area contributed by atoms with Crippen molar-refractivity contribution < 1.29 is 9.59 Å². The normalized spacial score (nSPS) is 24.5. The summed E-state index contributed by atoms with van der Waals surface area (Å²) in [4.78, 5) is 45.0. The summed E-state index contributed by atoms with van der Waals surface area (Å²) in [6, 6.07) is 8.24. The number of aromatic nitrogens is 2. The molecule has 2 aliphatic heterocycles. The average molecular weight is 467 g/mol. The standard InChI is InChI=1S/C23H30N8O3/c24-18(21(32)30-12-16-17(13-30)20(16)25)11-14-1-3-15(4-2-14)31-8-5-19(28-23(31)34)27-22(33)29-9-6-26-7-10-29/h1-5,8,16-18,20,26H,6-7,9-13,24-25H2,(H,27,28,33,34)/t16-,17+,18-,20?/m0/s1. The maximum Gasteiger partial charge on any atom is 0.354 e. The Morgan fingerprint density at radius 3 is 2.41 bits per heavy atom. The molecule has 11 heteroatoms. The van der Waals surface area contributed by atoms with Crippen LogP contribution in [0, 0.1) is 11.8 Å². The van der Waals surface area contributed by atoms with E-state index in [0.717, 1.165) is 18.7 Å². The van der Waals surface area contributed by atoms with Crippen molar-refractivity contribution >= 4 is 17.8 Å². The first-order chi connectivity index (χ1) is 16.4. The molecule has 3 amide bonds. The van der Waals surface area contributed by atoms with Crippen molar-refractivity contribution in [3.05, 3.63) is 52.6 Å². The summed E-state index contributed by atoms with van der Waals surface area (Å²) in [7, 11) is 0. The zero-order valence-corrected chi connectivity index (χ0v) is 18.9. The molecule has 2 aromatic rings. The lowest BCUT2D eigenvalue weighted by Crippen LogP contribution is -2.48. The van der Waals surface area contributed by atoms with E-state index in [1.54, 1.807) is 29.3 Å². The van der Waals surface area contributed by atoms with Crippen LogP contribution in [0.5, 0.6) is 0 Å². The minimum absolute atomic E-state index is 0.0395. The lowest BCUT2D eigenvalue weighted by Gasteiger charge is -2.27. The van der Waals surface area contributed by atoms with E-state index >= 15 is 0 Å². The molecule has 2 saturated heterocycles. The number of hydrogen-bond acceptors (Lipinski definition) is 7. The van der Waals surface area contributed by atoms with Gasteiger partial charge in [-0.05, 0) is 42.0 Å². The van der Waals surface area contributed by atoms with Gasteiger partial charge in [-0.2, -0.15) is 4.98 Å². The van der Waals surface area contributed by atoms with Crippen molar-refractivity contribution in [2.75, 3.05) is 44.6 Å². The molecule has 1 unspecified atom stereocenters. The molecule has 6 N–H and O–H groups in total. The van der Waals surface area contributed by atoms with Crippen LogP contribution in [0.2, 0.25) is 0 Å². The zero-order valence-electron chi connectivity index (χ0n) is 18.9. The molecule has 34 heavy (non-hydrogen) atoms. The predicted molar refractivity (Wildman–Crippen MR) is 127 cm³/mol. The molecular weight excluding hydrogens is 436 g/mol. The number of fused-ring (bicyclic) bond motifs is 1. The summed E-state index contributed by atoms with van der Waals surface area (Å²) in [5.41, 5.74) is 13.2. The van der Waals surface area contributed by atoms with Crippen LogP contribution in [0.15, 0.2) is 41.3 Å². The fourth-order valence-electron chi connectivity index (χ4n) is 4.85. The molecule has 1 aliphatic carbocycles. The summed E-state index contributed by atoms with van der Waals surface area (Å²) in [5.74, 6) is 1.04. The van der Waals surface area contributed by atoms with Gasteiger partial charge in [0, 0.05) is 51.5 Å². The molecule has 1 aromatic carbocycles. The number of anilines is 1. The number of rotatable bonds is 5. The van der Waals surface area contributed by atoms with Gasteiger partial charge in [0.2, 0.25) is 5.91 Å². The highest BCUT2D eigenvalue weighted by atomic mass is 16.2. The molecule has 3 fully saturated rings. The fraction of sp³-hybridized carbons (Fsp3) is 0.478. The van der Waals surface area contributed by atoms with Crippen molar-refractivity contribution in [1.29, 1.82) is 0 Å². The van der Waals surface area contributed by atoms with Crippen molar-refractivity contribution in [2.45, 2.75) is 18.5 Å². The minimum atomic E-state index is -0.609. The van der Waals surface area contributed by atoms with E-state index in [-0.39, 0.29) is 23.8 Å². The third-order valence-corrected chi connectivity index (χ3v) is 7.00. The van der Waals surface area contributed by atoms with Gasteiger partial charge in [-0.15, -0.1) is 0 Å². The molecule has 0 spiro atoms. The van der Waals surface area contributed by atoms with Crippen LogP contribution in [0.3, 0.4) is 0 Å². The van der Waals surface area contributed by atoms with E-state index in [1.807, 2.05) is 17.0 Å². The van der Waals surface area contributed by atoms with Crippen molar-refractivity contribution in [2.24, 2.45) is 23.3 Å². The molecule has 1 saturated carbocycles. The van der Waals surface area contributed by atoms with Crippen LogP contribution in [0.1, 0.15) is 5.56 Å². The third-order valence-electron chi connectivity index (χ3n) is 7.00. The summed E-state index contributed by atoms with van der Waals surface area (Å²) in [5, 5.41) is 5.87. The molecular formula is C23H30N8O3. The van der Waals surface area contributed by atoms with Crippen LogP contribution in [0.4, 0.5) is 10.6 Å². The van der Waals surface area contributed by atoms with Gasteiger partial charge in [0.1, 0.15) is 5.82 Å². The molecule has 0 radical (unpaired) electrons. The highest BCUT2D eigenvalue weighted by Crippen LogP contribution is 2.43. The minimum Gasteiger partial charge on any atom is -0.341 e. The Morgan fingerprint density at radius 2 is 1.76 bits per heavy atom. The molecule has 4 atom stereocenters. The highest BCUT2D eigenvalue weighted by molar-refractivity contribution is 5.88. The van der Waals surface area contributed by atoms with E-state index in [0.29, 0.717) is 50.1 Å². The number of carbonyl (C=O) groups is 2. The number of benzene rings is 1. The molecule has 5 rings (SSSR count). The van der Waals surface area contributed by atoms with Crippen molar-refractivity contribution in [3.8, 4) is 5.69 Å². The number of nitrogens with zero attached hydrogens (tertiary/aromatic N) is 4. The van der Waals surface area contributed by atoms with Gasteiger partial charge in [0.25, 0.3) is 0 Å². The maximum atomic E-state index is 12.6. The Labute approximate surface area is 197 Å². The second kappa shape index (κ2) is 9.16. The topological polar surface area (TPSA) is 152 Å². The van der Waals surface area contributed by atoms with Gasteiger partial charge >= 0.3 is 11.7 Å². The van der Waals surface area contributed by atoms with Crippen LogP contribution in [0.25, 0.3) is 5.69 Å². The van der Waals surface area contributed by atoms with E-state index < -0.39 is 11.7 Å². The number of urea groups is 1. The Bertz CT molecular complexity index is 1120. The number of nitrogens with one attached hydrogen (secondary N) is 2. The third kappa shape index (κ3) is 4.54. The number of nitrogens with two attached hydrogens (primary N) is 2. The Morgan fingerprint density at radius 1 is 1.09 bits per heavy atom. The molecule has 180 valence electrons. The molecule has 3 aliphatic rings. The number of likely N-dealkylation sites (tertiary alicyclic amines) is 1. The maximum absolute atomic E-state index is 12.6. The molecule has 11 nitrogen and oxygen atoms in total. The number of hydrogen-bond donors (Lipinski definition) is 4. The van der Waals surface area contributed by atoms with Crippen LogP contribution in [-0.2, 0) is 11.2 Å². The molecule has 3 heterocycles. The van der Waals surface area contributed by atoms with Crippen molar-refractivity contribution in [1.82, 2.24) is 24.7 Å². The molecule has 1 aromatic heterocycles. The van der Waals surface area contributed by atoms with Crippen molar-refractivity contribution in [3.63, 3.8) is 0 Å². The Kier molecular flexibility index (Phi) is 6.07. The number of carbonyl (C=O) groups excluding carboxylic acids is 2. The van der Waals surface area contributed by atoms with E-state index in [2.05, 4.69) is 15.6 Å². The SMILES string of the molecule is NC1[C@H]2CN(C(=O)[C@@H](N)Cc3ccc(-n4ccc(NC(=O)N5CCNCC5)nc4=O)cc3)C[C@@H]12. The fourth-order valence-corrected chi connectivity index (χ4v) is 4.85.